The summed E-state index contributed by atoms with van der Waals surface area (Å²) in [5, 5.41) is 17.7. The van der Waals surface area contributed by atoms with Gasteiger partial charge < -0.3 is 9.84 Å². The predicted molar refractivity (Wildman–Crippen MR) is 89.1 cm³/mol. The summed E-state index contributed by atoms with van der Waals surface area (Å²) in [4.78, 5) is 12.0. The van der Waals surface area contributed by atoms with E-state index in [2.05, 4.69) is 10.2 Å². The molecule has 0 aliphatic carbocycles. The van der Waals surface area contributed by atoms with Crippen LogP contribution in [0.1, 0.15) is 16.2 Å². The van der Waals surface area contributed by atoms with Gasteiger partial charge in [-0.05, 0) is 41.5 Å². The number of ether oxygens (including phenoxy) is 1. The molecule has 2 aromatic carbocycles. The number of esters is 1. The highest BCUT2D eigenvalue weighted by atomic mass is 35.5. The highest BCUT2D eigenvalue weighted by molar-refractivity contribution is 6.30. The van der Waals surface area contributed by atoms with Gasteiger partial charge in [0.2, 0.25) is 0 Å². The average Bonchev–Trinajstić information content (AvgIpc) is 3.10. The molecule has 7 heteroatoms. The summed E-state index contributed by atoms with van der Waals surface area (Å²) in [5.41, 5.74) is 2.74. The second-order valence-electron chi connectivity index (χ2n) is 5.04. The van der Waals surface area contributed by atoms with Crippen LogP contribution in [0.25, 0.3) is 16.8 Å². The van der Waals surface area contributed by atoms with Gasteiger partial charge in [0.15, 0.2) is 5.82 Å². The van der Waals surface area contributed by atoms with Gasteiger partial charge in [0, 0.05) is 10.7 Å². The van der Waals surface area contributed by atoms with Crippen molar-refractivity contribution in [3.8, 4) is 16.8 Å². The summed E-state index contributed by atoms with van der Waals surface area (Å²) in [6, 6.07) is 12.6. The molecular weight excluding hydrogens is 330 g/mol. The first kappa shape index (κ1) is 16.2. The molecule has 0 fully saturated rings. The fraction of sp³-hybridized carbons (Fsp3) is 0.118. The van der Waals surface area contributed by atoms with Gasteiger partial charge in [-0.15, -0.1) is 10.2 Å². The summed E-state index contributed by atoms with van der Waals surface area (Å²) in [7, 11) is 1.33. The maximum absolute atomic E-state index is 12.0. The second kappa shape index (κ2) is 6.82. The van der Waals surface area contributed by atoms with Crippen molar-refractivity contribution in [2.24, 2.45) is 0 Å². The first-order valence-corrected chi connectivity index (χ1v) is 7.49. The Morgan fingerprint density at radius 3 is 2.62 bits per heavy atom. The monoisotopic (exact) mass is 343 g/mol. The third kappa shape index (κ3) is 3.15. The van der Waals surface area contributed by atoms with Gasteiger partial charge in [-0.1, -0.05) is 23.7 Å². The van der Waals surface area contributed by atoms with Crippen molar-refractivity contribution in [3.63, 3.8) is 0 Å². The van der Waals surface area contributed by atoms with E-state index in [9.17, 15) is 9.90 Å². The molecule has 0 atom stereocenters. The van der Waals surface area contributed by atoms with Gasteiger partial charge in [0.05, 0.1) is 12.7 Å². The van der Waals surface area contributed by atoms with E-state index in [1.165, 1.54) is 13.4 Å². The van der Waals surface area contributed by atoms with Crippen LogP contribution in [0.2, 0.25) is 5.02 Å². The molecule has 6 nitrogen and oxygen atoms in total. The Morgan fingerprint density at radius 2 is 1.96 bits per heavy atom. The van der Waals surface area contributed by atoms with E-state index in [0.29, 0.717) is 22.1 Å². The van der Waals surface area contributed by atoms with Gasteiger partial charge in [-0.25, -0.2) is 4.79 Å². The van der Waals surface area contributed by atoms with Crippen molar-refractivity contribution in [1.29, 1.82) is 0 Å². The number of benzene rings is 2. The number of rotatable bonds is 4. The van der Waals surface area contributed by atoms with Gasteiger partial charge >= 0.3 is 5.97 Å². The van der Waals surface area contributed by atoms with Gasteiger partial charge in [-0.2, -0.15) is 0 Å². The summed E-state index contributed by atoms with van der Waals surface area (Å²) in [6.45, 7) is -0.265. The minimum atomic E-state index is -0.453. The quantitative estimate of drug-likeness (QED) is 0.737. The molecule has 122 valence electrons. The average molecular weight is 344 g/mol. The molecule has 0 aliphatic heterocycles. The standard InChI is InChI=1S/C17H14ClN3O3/c1-24-17(23)13-6-12(11-2-4-14(18)5-3-11)7-15(8-13)21-10-19-20-16(21)9-22/h2-8,10,22H,9H2,1H3. The number of methoxy groups -OCH3 is 1. The van der Waals surface area contributed by atoms with E-state index >= 15 is 0 Å². The number of carbonyl (C=O) groups excluding carboxylic acids is 1. The molecule has 0 saturated carbocycles. The molecule has 3 aromatic rings. The number of halogens is 1. The van der Waals surface area contributed by atoms with Crippen LogP contribution in [0, 0.1) is 0 Å². The number of aromatic nitrogens is 3. The third-order valence-corrected chi connectivity index (χ3v) is 3.81. The zero-order valence-electron chi connectivity index (χ0n) is 12.8. The van der Waals surface area contributed by atoms with E-state index < -0.39 is 5.97 Å². The lowest BCUT2D eigenvalue weighted by Gasteiger charge is -2.11. The van der Waals surface area contributed by atoms with Crippen molar-refractivity contribution >= 4 is 17.6 Å². The molecule has 0 unspecified atom stereocenters. The highest BCUT2D eigenvalue weighted by Gasteiger charge is 2.13. The Labute approximate surface area is 143 Å². The van der Waals surface area contributed by atoms with Crippen molar-refractivity contribution < 1.29 is 14.6 Å². The molecule has 0 saturated heterocycles. The number of hydrogen-bond donors (Lipinski definition) is 1. The van der Waals surface area contributed by atoms with Crippen molar-refractivity contribution in [3.05, 3.63) is 65.2 Å². The maximum Gasteiger partial charge on any atom is 0.337 e. The van der Waals surface area contributed by atoms with E-state index in [4.69, 9.17) is 16.3 Å². The molecule has 0 amide bonds. The molecule has 0 bridgehead atoms. The first-order chi connectivity index (χ1) is 11.6. The summed E-state index contributed by atoms with van der Waals surface area (Å²) < 4.78 is 6.44. The summed E-state index contributed by atoms with van der Waals surface area (Å²) >= 11 is 5.93. The molecule has 1 heterocycles. The number of aliphatic hydroxyl groups is 1. The Bertz CT molecular complexity index is 875. The molecule has 24 heavy (non-hydrogen) atoms. The zero-order valence-corrected chi connectivity index (χ0v) is 13.6. The van der Waals surface area contributed by atoms with E-state index in [-0.39, 0.29) is 6.61 Å². The van der Waals surface area contributed by atoms with Gasteiger partial charge in [0.25, 0.3) is 0 Å². The van der Waals surface area contributed by atoms with Crippen LogP contribution >= 0.6 is 11.6 Å². The zero-order chi connectivity index (χ0) is 17.1. The number of nitrogens with zero attached hydrogens (tertiary/aromatic N) is 3. The first-order valence-electron chi connectivity index (χ1n) is 7.12. The van der Waals surface area contributed by atoms with Gasteiger partial charge in [0.1, 0.15) is 12.9 Å². The topological polar surface area (TPSA) is 77.2 Å². The van der Waals surface area contributed by atoms with Crippen LogP contribution in [-0.4, -0.2) is 33.0 Å². The molecule has 1 aromatic heterocycles. The number of hydrogen-bond acceptors (Lipinski definition) is 5. The minimum absolute atomic E-state index is 0.265. The van der Waals surface area contributed by atoms with Crippen LogP contribution in [-0.2, 0) is 11.3 Å². The molecular formula is C17H14ClN3O3. The fourth-order valence-electron chi connectivity index (χ4n) is 2.38. The predicted octanol–water partition coefficient (Wildman–Crippen LogP) is 2.87. The van der Waals surface area contributed by atoms with Gasteiger partial charge in [-0.3, -0.25) is 4.57 Å². The Balaban J connectivity index is 2.17. The van der Waals surface area contributed by atoms with E-state index in [0.717, 1.165) is 11.1 Å². The fourth-order valence-corrected chi connectivity index (χ4v) is 2.50. The largest absolute Gasteiger partial charge is 0.465 e. The van der Waals surface area contributed by atoms with Crippen molar-refractivity contribution in [1.82, 2.24) is 14.8 Å². The highest BCUT2D eigenvalue weighted by Crippen LogP contribution is 2.26. The Morgan fingerprint density at radius 1 is 1.21 bits per heavy atom. The molecule has 0 radical (unpaired) electrons. The van der Waals surface area contributed by atoms with E-state index in [1.807, 2.05) is 18.2 Å². The lowest BCUT2D eigenvalue weighted by molar-refractivity contribution is 0.0600. The second-order valence-corrected chi connectivity index (χ2v) is 5.48. The number of carbonyl (C=O) groups is 1. The normalized spacial score (nSPS) is 10.6. The van der Waals surface area contributed by atoms with Crippen LogP contribution in [0.5, 0.6) is 0 Å². The molecule has 1 N–H and O–H groups in total. The van der Waals surface area contributed by atoms with Crippen molar-refractivity contribution in [2.75, 3.05) is 7.11 Å². The van der Waals surface area contributed by atoms with E-state index in [1.54, 1.807) is 28.8 Å². The van der Waals surface area contributed by atoms with Crippen LogP contribution < -0.4 is 0 Å². The SMILES string of the molecule is COC(=O)c1cc(-c2ccc(Cl)cc2)cc(-n2cnnc2CO)c1. The molecule has 0 spiro atoms. The van der Waals surface area contributed by atoms with Crippen LogP contribution in [0.15, 0.2) is 48.8 Å². The lowest BCUT2D eigenvalue weighted by Crippen LogP contribution is -2.05. The maximum atomic E-state index is 12.0. The molecule has 3 rings (SSSR count). The smallest absolute Gasteiger partial charge is 0.337 e. The van der Waals surface area contributed by atoms with Crippen LogP contribution in [0.3, 0.4) is 0 Å². The third-order valence-electron chi connectivity index (χ3n) is 3.55. The van der Waals surface area contributed by atoms with Crippen molar-refractivity contribution in [2.45, 2.75) is 6.61 Å². The lowest BCUT2D eigenvalue weighted by atomic mass is 10.0. The summed E-state index contributed by atoms with van der Waals surface area (Å²) in [6.07, 6.45) is 1.48. The Hall–Kier alpha value is -2.70. The minimum Gasteiger partial charge on any atom is -0.465 e. The van der Waals surface area contributed by atoms with Crippen LogP contribution in [0.4, 0.5) is 0 Å². The molecule has 0 aliphatic rings. The number of aliphatic hydroxyl groups excluding tert-OH is 1. The Kier molecular flexibility index (Phi) is 4.59. The summed E-state index contributed by atoms with van der Waals surface area (Å²) in [5.74, 6) is -0.0789.